The van der Waals surface area contributed by atoms with Crippen LogP contribution in [0.3, 0.4) is 0 Å². The Hall–Kier alpha value is -6.65. The van der Waals surface area contributed by atoms with Gasteiger partial charge in [-0.1, -0.05) is 121 Å². The van der Waals surface area contributed by atoms with Crippen molar-refractivity contribution in [3.8, 4) is 22.3 Å². The fourth-order valence-corrected chi connectivity index (χ4v) is 6.97. The molecule has 8 aromatic rings. The lowest BCUT2D eigenvalue weighted by Gasteiger charge is -2.20. The van der Waals surface area contributed by atoms with Crippen LogP contribution in [0.5, 0.6) is 0 Å². The fourth-order valence-electron chi connectivity index (χ4n) is 6.97. The number of fused-ring (bicyclic) bond motifs is 4. The van der Waals surface area contributed by atoms with Crippen LogP contribution in [0, 0.1) is 5.41 Å². The number of rotatable bonds is 5. The molecule has 1 aromatic heterocycles. The Balaban J connectivity index is 1.10. The maximum Gasteiger partial charge on any atom is 0.109 e. The molecule has 0 saturated carbocycles. The van der Waals surface area contributed by atoms with Gasteiger partial charge in [0.1, 0.15) is 5.71 Å². The number of allylic oxidation sites excluding steroid dienone is 4. The molecule has 0 saturated heterocycles. The summed E-state index contributed by atoms with van der Waals surface area (Å²) in [7, 11) is 0. The van der Waals surface area contributed by atoms with Crippen molar-refractivity contribution in [1.82, 2.24) is 4.98 Å². The second-order valence-corrected chi connectivity index (χ2v) is 12.4. The van der Waals surface area contributed by atoms with Gasteiger partial charge in [-0.15, -0.1) is 0 Å². The van der Waals surface area contributed by atoms with Crippen LogP contribution in [0.1, 0.15) is 5.56 Å². The third-order valence-corrected chi connectivity index (χ3v) is 9.37. The van der Waals surface area contributed by atoms with Crippen molar-refractivity contribution < 1.29 is 0 Å². The standard InChI is InChI=1S/C45H30N4/c46-41-24-21-34(27-43(41)49-48-36-22-19-30(20-23-36)35-26-32-11-3-8-16-42(32)47-28-35)45-39-14-6-4-12-37(39)44(38-13-5-7-15-40(38)45)33-18-17-29-9-1-2-10-31(29)25-33/h1-28,46,48H/b46-41?,49-43-. The van der Waals surface area contributed by atoms with Crippen molar-refractivity contribution in [1.29, 1.82) is 5.41 Å². The summed E-state index contributed by atoms with van der Waals surface area (Å²) in [5, 5.41) is 21.7. The van der Waals surface area contributed by atoms with Crippen LogP contribution in [0.15, 0.2) is 175 Å². The minimum absolute atomic E-state index is 0.358. The van der Waals surface area contributed by atoms with Crippen LogP contribution in [0.4, 0.5) is 5.69 Å². The molecular weight excluding hydrogens is 597 g/mol. The lowest BCUT2D eigenvalue weighted by Crippen LogP contribution is -2.14. The van der Waals surface area contributed by atoms with E-state index in [0.29, 0.717) is 11.4 Å². The molecule has 1 heterocycles. The molecule has 4 heteroatoms. The average Bonchev–Trinajstić information content (AvgIpc) is 3.16. The highest BCUT2D eigenvalue weighted by atomic mass is 15.3. The number of nitrogens with zero attached hydrogens (tertiary/aromatic N) is 2. The van der Waals surface area contributed by atoms with Gasteiger partial charge in [0.2, 0.25) is 0 Å². The van der Waals surface area contributed by atoms with Gasteiger partial charge in [0.15, 0.2) is 0 Å². The van der Waals surface area contributed by atoms with Crippen molar-refractivity contribution in [2.75, 3.05) is 5.43 Å². The van der Waals surface area contributed by atoms with Crippen molar-refractivity contribution in [2.24, 2.45) is 5.10 Å². The van der Waals surface area contributed by atoms with Crippen molar-refractivity contribution in [2.45, 2.75) is 0 Å². The summed E-state index contributed by atoms with van der Waals surface area (Å²) >= 11 is 0. The van der Waals surface area contributed by atoms with Gasteiger partial charge in [-0.25, -0.2) is 0 Å². The summed E-state index contributed by atoms with van der Waals surface area (Å²) < 4.78 is 0. The van der Waals surface area contributed by atoms with E-state index in [1.807, 2.05) is 54.8 Å². The van der Waals surface area contributed by atoms with Gasteiger partial charge in [-0.05, 0) is 103 Å². The van der Waals surface area contributed by atoms with Crippen LogP contribution < -0.4 is 5.43 Å². The van der Waals surface area contributed by atoms with E-state index in [1.165, 1.54) is 43.4 Å². The number of aromatic nitrogens is 1. The smallest absolute Gasteiger partial charge is 0.109 e. The molecular formula is C45H30N4. The maximum absolute atomic E-state index is 8.71. The normalized spacial score (nSPS) is 13.8. The molecule has 0 aliphatic heterocycles. The molecule has 7 aromatic carbocycles. The van der Waals surface area contributed by atoms with Crippen LogP contribution in [0.25, 0.3) is 71.0 Å². The zero-order valence-electron chi connectivity index (χ0n) is 26.6. The minimum atomic E-state index is 0.358. The van der Waals surface area contributed by atoms with Crippen LogP contribution in [-0.2, 0) is 0 Å². The highest BCUT2D eigenvalue weighted by Crippen LogP contribution is 2.43. The van der Waals surface area contributed by atoms with Crippen LogP contribution in [-0.4, -0.2) is 16.4 Å². The largest absolute Gasteiger partial charge is 0.299 e. The van der Waals surface area contributed by atoms with E-state index in [0.717, 1.165) is 38.9 Å². The third-order valence-electron chi connectivity index (χ3n) is 9.37. The first-order chi connectivity index (χ1) is 24.2. The molecule has 0 fully saturated rings. The van der Waals surface area contributed by atoms with Gasteiger partial charge in [-0.3, -0.25) is 15.8 Å². The Morgan fingerprint density at radius 1 is 0.510 bits per heavy atom. The van der Waals surface area contributed by atoms with E-state index < -0.39 is 0 Å². The molecule has 49 heavy (non-hydrogen) atoms. The molecule has 1 aliphatic carbocycles. The first kappa shape index (κ1) is 28.6. The summed E-state index contributed by atoms with van der Waals surface area (Å²) in [4.78, 5) is 4.61. The minimum Gasteiger partial charge on any atom is -0.299 e. The molecule has 0 amide bonds. The number of hydrogen-bond acceptors (Lipinski definition) is 4. The number of benzene rings is 7. The Morgan fingerprint density at radius 3 is 1.84 bits per heavy atom. The van der Waals surface area contributed by atoms with Gasteiger partial charge >= 0.3 is 0 Å². The molecule has 0 spiro atoms. The van der Waals surface area contributed by atoms with E-state index in [4.69, 9.17) is 10.5 Å². The number of hydrazone groups is 1. The summed E-state index contributed by atoms with van der Waals surface area (Å²) in [6.07, 6.45) is 7.81. The molecule has 2 N–H and O–H groups in total. The average molecular weight is 627 g/mol. The Morgan fingerprint density at radius 2 is 1.10 bits per heavy atom. The molecule has 0 bridgehead atoms. The Kier molecular flexibility index (Phi) is 6.91. The zero-order chi connectivity index (χ0) is 32.7. The number of anilines is 1. The predicted octanol–water partition coefficient (Wildman–Crippen LogP) is 11.5. The SMILES string of the molecule is N=C1C=CC(c2c3ccccc3c(-c3ccc4ccccc4c3)c3ccccc23)=C/C1=N/Nc1ccc(-c2cnc3ccccc3c2)cc1. The van der Waals surface area contributed by atoms with Gasteiger partial charge in [0.25, 0.3) is 0 Å². The van der Waals surface area contributed by atoms with E-state index in [-0.39, 0.29) is 0 Å². The topological polar surface area (TPSA) is 61.1 Å². The van der Waals surface area contributed by atoms with Crippen LogP contribution in [0.2, 0.25) is 0 Å². The quantitative estimate of drug-likeness (QED) is 0.113. The number of para-hydroxylation sites is 1. The van der Waals surface area contributed by atoms with E-state index in [2.05, 4.69) is 126 Å². The number of nitrogens with one attached hydrogen (secondary N) is 2. The van der Waals surface area contributed by atoms with Crippen molar-refractivity contribution in [3.63, 3.8) is 0 Å². The summed E-state index contributed by atoms with van der Waals surface area (Å²) in [6, 6.07) is 51.0. The molecule has 0 unspecified atom stereocenters. The molecule has 230 valence electrons. The maximum atomic E-state index is 8.71. The van der Waals surface area contributed by atoms with Gasteiger partial charge < -0.3 is 0 Å². The summed E-state index contributed by atoms with van der Waals surface area (Å²) in [6.45, 7) is 0. The highest BCUT2D eigenvalue weighted by molar-refractivity contribution is 6.52. The molecule has 1 aliphatic rings. The molecule has 9 rings (SSSR count). The predicted molar refractivity (Wildman–Crippen MR) is 207 cm³/mol. The highest BCUT2D eigenvalue weighted by Gasteiger charge is 2.19. The monoisotopic (exact) mass is 626 g/mol. The van der Waals surface area contributed by atoms with E-state index in [1.54, 1.807) is 0 Å². The van der Waals surface area contributed by atoms with Crippen molar-refractivity contribution in [3.05, 3.63) is 176 Å². The lowest BCUT2D eigenvalue weighted by atomic mass is 9.84. The van der Waals surface area contributed by atoms with Crippen molar-refractivity contribution >= 4 is 65.9 Å². The zero-order valence-corrected chi connectivity index (χ0v) is 26.6. The molecule has 0 radical (unpaired) electrons. The summed E-state index contributed by atoms with van der Waals surface area (Å²) in [5.74, 6) is 0. The Labute approximate surface area is 283 Å². The third kappa shape index (κ3) is 5.16. The second-order valence-electron chi connectivity index (χ2n) is 12.4. The van der Waals surface area contributed by atoms with Crippen LogP contribution >= 0.6 is 0 Å². The van der Waals surface area contributed by atoms with E-state index in [9.17, 15) is 0 Å². The van der Waals surface area contributed by atoms with Gasteiger partial charge in [-0.2, -0.15) is 5.10 Å². The number of pyridine rings is 1. The Bertz CT molecular complexity index is 2640. The lowest BCUT2D eigenvalue weighted by molar-refractivity contribution is 1.34. The molecule has 0 atom stereocenters. The second kappa shape index (κ2) is 11.9. The first-order valence-electron chi connectivity index (χ1n) is 16.4. The fraction of sp³-hybridized carbons (Fsp3) is 0. The van der Waals surface area contributed by atoms with Gasteiger partial charge in [0.05, 0.1) is 16.9 Å². The first-order valence-corrected chi connectivity index (χ1v) is 16.4. The summed E-state index contributed by atoms with van der Waals surface area (Å²) in [5.41, 5.74) is 12.7. The van der Waals surface area contributed by atoms with E-state index >= 15 is 0 Å². The number of hydrogen-bond donors (Lipinski definition) is 2. The molecule has 4 nitrogen and oxygen atoms in total. The van der Waals surface area contributed by atoms with Gasteiger partial charge in [0, 0.05) is 17.1 Å².